The summed E-state index contributed by atoms with van der Waals surface area (Å²) in [5, 5.41) is 21.9. The van der Waals surface area contributed by atoms with Gasteiger partial charge in [-0.25, -0.2) is 0 Å². The lowest BCUT2D eigenvalue weighted by Crippen LogP contribution is -2.39. The van der Waals surface area contributed by atoms with Crippen LogP contribution in [0.4, 0.5) is 0 Å². The highest BCUT2D eigenvalue weighted by Gasteiger charge is 2.27. The number of hydrogen-bond acceptors (Lipinski definition) is 4. The molecule has 1 unspecified atom stereocenters. The average molecular weight is 323 g/mol. The molecular formula is C15H19ClN4O2. The van der Waals surface area contributed by atoms with Crippen LogP contribution in [0.5, 0.6) is 0 Å². The summed E-state index contributed by atoms with van der Waals surface area (Å²) in [6.45, 7) is 5.83. The molecule has 1 aromatic heterocycles. The molecule has 118 valence electrons. The molecule has 1 heterocycles. The van der Waals surface area contributed by atoms with Gasteiger partial charge in [0.15, 0.2) is 5.69 Å². The van der Waals surface area contributed by atoms with Crippen LogP contribution in [0.15, 0.2) is 24.3 Å². The molecule has 0 bridgehead atoms. The van der Waals surface area contributed by atoms with Gasteiger partial charge >= 0.3 is 0 Å². The summed E-state index contributed by atoms with van der Waals surface area (Å²) in [7, 11) is 0. The number of nitrogens with zero attached hydrogens (tertiary/aromatic N) is 3. The first-order chi connectivity index (χ1) is 10.3. The SMILES string of the molecule is CCn1nc(C)c(C(=O)NCC(C)(O)c2ccccc2Cl)n1. The van der Waals surface area contributed by atoms with Crippen LogP contribution in [-0.4, -0.2) is 32.6 Å². The van der Waals surface area contributed by atoms with Gasteiger partial charge in [-0.15, -0.1) is 5.10 Å². The van der Waals surface area contributed by atoms with E-state index in [4.69, 9.17) is 11.6 Å². The summed E-state index contributed by atoms with van der Waals surface area (Å²) in [6.07, 6.45) is 0. The molecule has 2 N–H and O–H groups in total. The van der Waals surface area contributed by atoms with Crippen LogP contribution in [0, 0.1) is 6.92 Å². The minimum atomic E-state index is -1.28. The lowest BCUT2D eigenvalue weighted by Gasteiger charge is -2.25. The zero-order valence-electron chi connectivity index (χ0n) is 12.8. The summed E-state index contributed by atoms with van der Waals surface area (Å²) in [4.78, 5) is 13.6. The number of aryl methyl sites for hydroxylation is 2. The van der Waals surface area contributed by atoms with Gasteiger partial charge in [-0.3, -0.25) is 4.79 Å². The van der Waals surface area contributed by atoms with Crippen molar-refractivity contribution < 1.29 is 9.90 Å². The second-order valence-electron chi connectivity index (χ2n) is 5.26. The molecule has 1 atom stereocenters. The van der Waals surface area contributed by atoms with Gasteiger partial charge in [0.1, 0.15) is 5.60 Å². The summed E-state index contributed by atoms with van der Waals surface area (Å²) in [6, 6.07) is 7.00. The number of benzene rings is 1. The fourth-order valence-corrected chi connectivity index (χ4v) is 2.45. The number of carbonyl (C=O) groups excluding carboxylic acids is 1. The molecule has 0 aliphatic rings. The van der Waals surface area contributed by atoms with Gasteiger partial charge < -0.3 is 10.4 Å². The van der Waals surface area contributed by atoms with Crippen molar-refractivity contribution in [2.45, 2.75) is 32.9 Å². The van der Waals surface area contributed by atoms with Crippen molar-refractivity contribution in [3.63, 3.8) is 0 Å². The third-order valence-electron chi connectivity index (χ3n) is 3.37. The third-order valence-corrected chi connectivity index (χ3v) is 3.70. The average Bonchev–Trinajstić information content (AvgIpc) is 2.86. The number of aromatic nitrogens is 3. The Bertz CT molecular complexity index is 682. The number of halogens is 1. The van der Waals surface area contributed by atoms with E-state index in [0.29, 0.717) is 22.8 Å². The normalized spacial score (nSPS) is 13.7. The smallest absolute Gasteiger partial charge is 0.273 e. The number of hydrogen-bond donors (Lipinski definition) is 2. The van der Waals surface area contributed by atoms with E-state index in [0.717, 1.165) is 0 Å². The molecule has 7 heteroatoms. The maximum atomic E-state index is 12.2. The van der Waals surface area contributed by atoms with Crippen LogP contribution in [0.2, 0.25) is 5.02 Å². The number of nitrogens with one attached hydrogen (secondary N) is 1. The van der Waals surface area contributed by atoms with Crippen LogP contribution >= 0.6 is 11.6 Å². The maximum Gasteiger partial charge on any atom is 0.273 e. The molecular weight excluding hydrogens is 304 g/mol. The highest BCUT2D eigenvalue weighted by molar-refractivity contribution is 6.31. The van der Waals surface area contributed by atoms with E-state index in [2.05, 4.69) is 15.5 Å². The lowest BCUT2D eigenvalue weighted by molar-refractivity contribution is 0.0525. The Balaban J connectivity index is 2.10. The molecule has 1 amide bonds. The van der Waals surface area contributed by atoms with Crippen LogP contribution in [0.1, 0.15) is 35.6 Å². The van der Waals surface area contributed by atoms with Crippen molar-refractivity contribution in [1.82, 2.24) is 20.3 Å². The van der Waals surface area contributed by atoms with Crippen LogP contribution < -0.4 is 5.32 Å². The molecule has 0 saturated heterocycles. The van der Waals surface area contributed by atoms with Crippen molar-refractivity contribution in [2.75, 3.05) is 6.54 Å². The molecule has 0 aliphatic carbocycles. The number of amides is 1. The van der Waals surface area contributed by atoms with Crippen molar-refractivity contribution in [1.29, 1.82) is 0 Å². The van der Waals surface area contributed by atoms with Gasteiger partial charge in [0, 0.05) is 10.6 Å². The molecule has 0 aliphatic heterocycles. The highest BCUT2D eigenvalue weighted by Crippen LogP contribution is 2.27. The lowest BCUT2D eigenvalue weighted by atomic mass is 9.96. The second-order valence-corrected chi connectivity index (χ2v) is 5.67. The first kappa shape index (κ1) is 16.5. The van der Waals surface area contributed by atoms with Crippen LogP contribution in [0.3, 0.4) is 0 Å². The van der Waals surface area contributed by atoms with E-state index in [1.165, 1.54) is 4.80 Å². The Hall–Kier alpha value is -1.92. The number of aliphatic hydroxyl groups is 1. The fourth-order valence-electron chi connectivity index (χ4n) is 2.11. The van der Waals surface area contributed by atoms with Crippen molar-refractivity contribution in [2.24, 2.45) is 0 Å². The summed E-state index contributed by atoms with van der Waals surface area (Å²) in [5.41, 5.74) is 0.0993. The van der Waals surface area contributed by atoms with E-state index in [1.54, 1.807) is 38.1 Å². The monoisotopic (exact) mass is 322 g/mol. The van der Waals surface area contributed by atoms with Crippen LogP contribution in [-0.2, 0) is 12.1 Å². The second kappa shape index (κ2) is 6.46. The first-order valence-electron chi connectivity index (χ1n) is 7.02. The molecule has 0 fully saturated rings. The van der Waals surface area contributed by atoms with Gasteiger partial charge in [-0.1, -0.05) is 29.8 Å². The van der Waals surface area contributed by atoms with Gasteiger partial charge in [0.05, 0.1) is 18.8 Å². The van der Waals surface area contributed by atoms with E-state index in [-0.39, 0.29) is 18.1 Å². The largest absolute Gasteiger partial charge is 0.384 e. The van der Waals surface area contributed by atoms with Crippen molar-refractivity contribution in [3.8, 4) is 0 Å². The molecule has 0 spiro atoms. The maximum absolute atomic E-state index is 12.2. The van der Waals surface area contributed by atoms with Gasteiger partial charge in [-0.05, 0) is 26.8 Å². The Morgan fingerprint density at radius 2 is 2.09 bits per heavy atom. The topological polar surface area (TPSA) is 80.0 Å². The fraction of sp³-hybridized carbons (Fsp3) is 0.400. The molecule has 0 saturated carbocycles. The van der Waals surface area contributed by atoms with E-state index >= 15 is 0 Å². The molecule has 2 aromatic rings. The standard InChI is InChI=1S/C15H19ClN4O2/c1-4-20-18-10(2)13(19-20)14(21)17-9-15(3,22)11-7-5-6-8-12(11)16/h5-8,22H,4,9H2,1-3H3,(H,17,21). The minimum absolute atomic E-state index is 0.0218. The summed E-state index contributed by atoms with van der Waals surface area (Å²) < 4.78 is 0. The Morgan fingerprint density at radius 3 is 2.68 bits per heavy atom. The van der Waals surface area contributed by atoms with Crippen molar-refractivity contribution >= 4 is 17.5 Å². The molecule has 0 radical (unpaired) electrons. The molecule has 22 heavy (non-hydrogen) atoms. The van der Waals surface area contributed by atoms with Gasteiger partial charge in [-0.2, -0.15) is 9.90 Å². The third kappa shape index (κ3) is 3.45. The summed E-state index contributed by atoms with van der Waals surface area (Å²) in [5.74, 6) is -0.371. The van der Waals surface area contributed by atoms with Crippen LogP contribution in [0.25, 0.3) is 0 Å². The molecule has 2 rings (SSSR count). The van der Waals surface area contributed by atoms with Crippen molar-refractivity contribution in [3.05, 3.63) is 46.2 Å². The minimum Gasteiger partial charge on any atom is -0.384 e. The highest BCUT2D eigenvalue weighted by atomic mass is 35.5. The predicted molar refractivity (Wildman–Crippen MR) is 83.8 cm³/mol. The van der Waals surface area contributed by atoms with E-state index < -0.39 is 5.60 Å². The number of carbonyl (C=O) groups is 1. The Morgan fingerprint density at radius 1 is 1.41 bits per heavy atom. The van der Waals surface area contributed by atoms with E-state index in [9.17, 15) is 9.90 Å². The van der Waals surface area contributed by atoms with Gasteiger partial charge in [0.25, 0.3) is 5.91 Å². The first-order valence-corrected chi connectivity index (χ1v) is 7.40. The predicted octanol–water partition coefficient (Wildman–Crippen LogP) is 1.90. The quantitative estimate of drug-likeness (QED) is 0.881. The van der Waals surface area contributed by atoms with E-state index in [1.807, 2.05) is 6.92 Å². The number of rotatable bonds is 5. The summed E-state index contributed by atoms with van der Waals surface area (Å²) >= 11 is 6.09. The zero-order chi connectivity index (χ0) is 16.3. The molecule has 6 nitrogen and oxygen atoms in total. The zero-order valence-corrected chi connectivity index (χ0v) is 13.6. The molecule has 1 aromatic carbocycles. The van der Waals surface area contributed by atoms with Gasteiger partial charge in [0.2, 0.25) is 0 Å². The Labute approximate surface area is 134 Å². The Kier molecular flexibility index (Phi) is 4.83.